The number of hydrogen-bond donors (Lipinski definition) is 0. The Morgan fingerprint density at radius 3 is 2.30 bits per heavy atom. The fourth-order valence-corrected chi connectivity index (χ4v) is 2.91. The Labute approximate surface area is 157 Å². The van der Waals surface area contributed by atoms with Crippen molar-refractivity contribution in [3.05, 3.63) is 66.1 Å². The number of pyridine rings is 1. The van der Waals surface area contributed by atoms with Gasteiger partial charge >= 0.3 is 5.97 Å². The second-order valence-electron chi connectivity index (χ2n) is 5.23. The number of carbonyl (C=O) groups is 1. The predicted molar refractivity (Wildman–Crippen MR) is 99.7 cm³/mol. The number of sulfone groups is 1. The van der Waals surface area contributed by atoms with Crippen molar-refractivity contribution in [2.45, 2.75) is 0 Å². The van der Waals surface area contributed by atoms with Gasteiger partial charge in [0.1, 0.15) is 5.57 Å². The normalized spacial score (nSPS) is 12.4. The number of oxime groups is 1. The minimum Gasteiger partial charge on any atom is -0.503 e. The summed E-state index contributed by atoms with van der Waals surface area (Å²) in [6.07, 6.45) is 3.64. The van der Waals surface area contributed by atoms with E-state index in [1.54, 1.807) is 30.3 Å². The summed E-state index contributed by atoms with van der Waals surface area (Å²) in [6, 6.07) is 11.2. The molecule has 0 spiro atoms. The molecule has 142 valence electrons. The van der Waals surface area contributed by atoms with Crippen molar-refractivity contribution in [1.82, 2.24) is 4.98 Å². The molecule has 27 heavy (non-hydrogen) atoms. The molecule has 8 nitrogen and oxygen atoms in total. The van der Waals surface area contributed by atoms with E-state index in [0.29, 0.717) is 0 Å². The number of carbonyl (C=O) groups excluding carboxylic acids is 1. The van der Waals surface area contributed by atoms with Gasteiger partial charge in [-0.3, -0.25) is 0 Å². The Morgan fingerprint density at radius 1 is 1.07 bits per heavy atom. The third-order valence-corrected chi connectivity index (χ3v) is 4.30. The number of nitrogens with zero attached hydrogens (tertiary/aromatic N) is 2. The summed E-state index contributed by atoms with van der Waals surface area (Å²) in [5, 5.41) is 3.40. The van der Waals surface area contributed by atoms with Crippen LogP contribution in [0.1, 0.15) is 11.1 Å². The van der Waals surface area contributed by atoms with E-state index in [1.807, 2.05) is 0 Å². The maximum absolute atomic E-state index is 12.3. The van der Waals surface area contributed by atoms with Gasteiger partial charge in [0.15, 0.2) is 9.84 Å². The van der Waals surface area contributed by atoms with E-state index >= 15 is 0 Å². The van der Waals surface area contributed by atoms with Gasteiger partial charge in [-0.05, 0) is 6.07 Å². The van der Waals surface area contributed by atoms with Gasteiger partial charge in [-0.2, -0.15) is 0 Å². The lowest BCUT2D eigenvalue weighted by molar-refractivity contribution is -0.133. The molecule has 0 N–H and O–H groups in total. The molecule has 1 heterocycles. The van der Waals surface area contributed by atoms with Crippen LogP contribution in [0.4, 0.5) is 0 Å². The zero-order valence-electron chi connectivity index (χ0n) is 14.9. The lowest BCUT2D eigenvalue weighted by atomic mass is 10.0. The smallest absolute Gasteiger partial charge is 0.341 e. The van der Waals surface area contributed by atoms with Gasteiger partial charge in [0.2, 0.25) is 10.9 Å². The maximum Gasteiger partial charge on any atom is 0.341 e. The molecular weight excluding hydrogens is 372 g/mol. The number of methoxy groups -OCH3 is 2. The summed E-state index contributed by atoms with van der Waals surface area (Å²) in [5.74, 6) is -0.570. The molecular formula is C18H18N2O6S. The van der Waals surface area contributed by atoms with E-state index in [1.165, 1.54) is 38.8 Å². The highest BCUT2D eigenvalue weighted by molar-refractivity contribution is 8.06. The van der Waals surface area contributed by atoms with Crippen LogP contribution >= 0.6 is 0 Å². The number of ether oxygens (including phenoxy) is 2. The van der Waals surface area contributed by atoms with Crippen molar-refractivity contribution in [3.8, 4) is 5.88 Å². The number of esters is 1. The van der Waals surface area contributed by atoms with Crippen molar-refractivity contribution in [2.24, 2.45) is 5.16 Å². The molecule has 0 unspecified atom stereocenters. The first-order chi connectivity index (χ1) is 12.9. The van der Waals surface area contributed by atoms with Crippen LogP contribution in [0, 0.1) is 0 Å². The first-order valence-corrected chi connectivity index (χ1v) is 9.54. The van der Waals surface area contributed by atoms with E-state index in [2.05, 4.69) is 10.1 Å². The average Bonchev–Trinajstić information content (AvgIpc) is 2.66. The lowest BCUT2D eigenvalue weighted by Gasteiger charge is -2.12. The molecule has 0 saturated heterocycles. The second-order valence-corrected chi connectivity index (χ2v) is 7.16. The Kier molecular flexibility index (Phi) is 6.67. The number of aromatic nitrogens is 1. The van der Waals surface area contributed by atoms with Crippen LogP contribution in [-0.2, 0) is 24.1 Å². The van der Waals surface area contributed by atoms with Crippen LogP contribution in [0.3, 0.4) is 0 Å². The highest BCUT2D eigenvalue weighted by Crippen LogP contribution is 2.23. The zero-order chi connectivity index (χ0) is 19.9. The maximum atomic E-state index is 12.3. The van der Waals surface area contributed by atoms with Crippen molar-refractivity contribution < 1.29 is 27.5 Å². The van der Waals surface area contributed by atoms with E-state index in [4.69, 9.17) is 14.3 Å². The SMILES string of the molecule is CO/C=C(/C(=O)OC)c1ccccc1/C(=N/Oc1ccccn1)S(C)(=O)=O. The van der Waals surface area contributed by atoms with Gasteiger partial charge in [0.25, 0.3) is 0 Å². The summed E-state index contributed by atoms with van der Waals surface area (Å²) >= 11 is 0. The van der Waals surface area contributed by atoms with Gasteiger partial charge < -0.3 is 14.3 Å². The third kappa shape index (κ3) is 5.14. The molecule has 0 fully saturated rings. The quantitative estimate of drug-likeness (QED) is 0.186. The Morgan fingerprint density at radius 2 is 1.74 bits per heavy atom. The van der Waals surface area contributed by atoms with Crippen molar-refractivity contribution >= 4 is 26.4 Å². The van der Waals surface area contributed by atoms with Gasteiger partial charge in [-0.15, -0.1) is 0 Å². The molecule has 0 aliphatic heterocycles. The topological polar surface area (TPSA) is 104 Å². The van der Waals surface area contributed by atoms with Gasteiger partial charge in [0.05, 0.1) is 20.5 Å². The second kappa shape index (κ2) is 8.95. The van der Waals surface area contributed by atoms with E-state index in [9.17, 15) is 13.2 Å². The molecule has 0 saturated carbocycles. The molecule has 2 rings (SSSR count). The van der Waals surface area contributed by atoms with Crippen LogP contribution in [0.15, 0.2) is 60.1 Å². The molecule has 0 amide bonds. The van der Waals surface area contributed by atoms with E-state index in [0.717, 1.165) is 6.26 Å². The summed E-state index contributed by atoms with van der Waals surface area (Å²) in [5.41, 5.74) is 0.453. The minimum absolute atomic E-state index is 0.0322. The van der Waals surface area contributed by atoms with Crippen LogP contribution in [0.5, 0.6) is 5.88 Å². The summed E-state index contributed by atoms with van der Waals surface area (Å²) in [6.45, 7) is 0. The minimum atomic E-state index is -3.81. The summed E-state index contributed by atoms with van der Waals surface area (Å²) in [7, 11) is -1.24. The highest BCUT2D eigenvalue weighted by atomic mass is 32.2. The molecule has 1 aromatic carbocycles. The average molecular weight is 390 g/mol. The molecule has 0 bridgehead atoms. The Bertz CT molecular complexity index is 968. The number of hydrogen-bond acceptors (Lipinski definition) is 8. The predicted octanol–water partition coefficient (Wildman–Crippen LogP) is 2.03. The Hall–Kier alpha value is -3.20. The van der Waals surface area contributed by atoms with Crippen molar-refractivity contribution in [3.63, 3.8) is 0 Å². The van der Waals surface area contributed by atoms with Crippen molar-refractivity contribution in [2.75, 3.05) is 20.5 Å². The molecule has 0 radical (unpaired) electrons. The molecule has 9 heteroatoms. The van der Waals surface area contributed by atoms with Gasteiger partial charge in [-0.25, -0.2) is 18.2 Å². The summed E-state index contributed by atoms with van der Waals surface area (Å²) < 4.78 is 34.3. The molecule has 0 aliphatic rings. The highest BCUT2D eigenvalue weighted by Gasteiger charge is 2.25. The molecule has 0 aliphatic carbocycles. The van der Waals surface area contributed by atoms with Crippen LogP contribution < -0.4 is 4.84 Å². The largest absolute Gasteiger partial charge is 0.503 e. The number of benzene rings is 1. The van der Waals surface area contributed by atoms with Crippen LogP contribution in [0.2, 0.25) is 0 Å². The first-order valence-electron chi connectivity index (χ1n) is 7.65. The monoisotopic (exact) mass is 390 g/mol. The molecule has 1 aromatic heterocycles. The van der Waals surface area contributed by atoms with E-state index in [-0.39, 0.29) is 27.6 Å². The lowest BCUT2D eigenvalue weighted by Crippen LogP contribution is -2.19. The van der Waals surface area contributed by atoms with Crippen LogP contribution in [0.25, 0.3) is 5.57 Å². The van der Waals surface area contributed by atoms with Gasteiger partial charge in [0, 0.05) is 29.6 Å². The Balaban J connectivity index is 2.61. The molecule has 2 aromatic rings. The first kappa shape index (κ1) is 20.1. The standard InChI is InChI=1S/C18H18N2O6S/c1-24-12-15(18(21)25-2)13-8-4-5-9-14(13)17(27(3,22)23)20-26-16-10-6-7-11-19-16/h4-12H,1-3H3/b15-12+,20-17-. The van der Waals surface area contributed by atoms with Crippen LogP contribution in [-0.4, -0.2) is 44.9 Å². The fraction of sp³-hybridized carbons (Fsp3) is 0.167. The molecule has 0 atom stereocenters. The number of rotatable bonds is 6. The fourth-order valence-electron chi connectivity index (χ4n) is 2.16. The van der Waals surface area contributed by atoms with E-state index < -0.39 is 15.8 Å². The van der Waals surface area contributed by atoms with Crippen molar-refractivity contribution in [1.29, 1.82) is 0 Å². The summed E-state index contributed by atoms with van der Waals surface area (Å²) in [4.78, 5) is 21.2. The zero-order valence-corrected chi connectivity index (χ0v) is 15.8. The third-order valence-electron chi connectivity index (χ3n) is 3.30. The van der Waals surface area contributed by atoms with Gasteiger partial charge in [-0.1, -0.05) is 35.5 Å².